The lowest BCUT2D eigenvalue weighted by Crippen LogP contribution is -2.52. The monoisotopic (exact) mass is 370 g/mol. The van der Waals surface area contributed by atoms with Crippen LogP contribution in [0, 0.1) is 22.7 Å². The van der Waals surface area contributed by atoms with Crippen LogP contribution in [0.2, 0.25) is 0 Å². The summed E-state index contributed by atoms with van der Waals surface area (Å²) < 4.78 is 0. The molecule has 0 saturated carbocycles. The van der Waals surface area contributed by atoms with Crippen LogP contribution in [0.5, 0.6) is 0 Å². The Bertz CT molecular complexity index is 420. The van der Waals surface area contributed by atoms with Crippen LogP contribution in [-0.2, 0) is 9.59 Å². The van der Waals surface area contributed by atoms with E-state index in [0.29, 0.717) is 12.8 Å². The van der Waals surface area contributed by atoms with Crippen molar-refractivity contribution < 1.29 is 19.8 Å². The maximum absolute atomic E-state index is 12.4. The molecule has 0 aliphatic carbocycles. The molecule has 0 radical (unpaired) electrons. The zero-order valence-electron chi connectivity index (χ0n) is 17.9. The molecule has 0 fully saturated rings. The number of unbranched alkanes of at least 4 members (excludes halogenated alkanes) is 5. The summed E-state index contributed by atoms with van der Waals surface area (Å²) >= 11 is 0. The number of carboxylic acids is 2. The highest BCUT2D eigenvalue weighted by atomic mass is 16.4. The minimum absolute atomic E-state index is 0.160. The molecule has 26 heavy (non-hydrogen) atoms. The Hall–Kier alpha value is -1.06. The van der Waals surface area contributed by atoms with Crippen LogP contribution in [0.1, 0.15) is 106 Å². The lowest BCUT2D eigenvalue weighted by Gasteiger charge is -2.53. The lowest BCUT2D eigenvalue weighted by atomic mass is 9.50. The predicted molar refractivity (Wildman–Crippen MR) is 107 cm³/mol. The molecule has 2 N–H and O–H groups in total. The molecule has 0 aromatic carbocycles. The largest absolute Gasteiger partial charge is 0.481 e. The quantitative estimate of drug-likeness (QED) is 0.328. The van der Waals surface area contributed by atoms with Gasteiger partial charge in [0, 0.05) is 6.42 Å². The van der Waals surface area contributed by atoms with Crippen molar-refractivity contribution in [3.63, 3.8) is 0 Å². The van der Waals surface area contributed by atoms with E-state index in [-0.39, 0.29) is 23.7 Å². The van der Waals surface area contributed by atoms with E-state index in [1.54, 1.807) is 0 Å². The summed E-state index contributed by atoms with van der Waals surface area (Å²) in [4.78, 5) is 23.3. The van der Waals surface area contributed by atoms with Gasteiger partial charge in [0.25, 0.3) is 0 Å². The summed E-state index contributed by atoms with van der Waals surface area (Å²) in [6.45, 7) is 12.7. The maximum atomic E-state index is 12.4. The Morgan fingerprint density at radius 3 is 1.73 bits per heavy atom. The van der Waals surface area contributed by atoms with E-state index < -0.39 is 17.4 Å². The first kappa shape index (κ1) is 24.9. The first-order chi connectivity index (χ1) is 12.1. The highest BCUT2D eigenvalue weighted by molar-refractivity contribution is 5.75. The first-order valence-corrected chi connectivity index (χ1v) is 10.5. The molecule has 0 rings (SSSR count). The standard InChI is InChI=1S/C22H42O4/c1-7-8-9-10-12-15-21(6,20(25)26)22(17(2)3,18(4)5)16-13-11-14-19(23)24/h17-18H,7-16H2,1-6H3,(H,23,24)(H,25,26). The van der Waals surface area contributed by atoms with Crippen LogP contribution in [-0.4, -0.2) is 22.2 Å². The molecule has 0 aliphatic heterocycles. The van der Waals surface area contributed by atoms with Gasteiger partial charge in [-0.3, -0.25) is 9.59 Å². The van der Waals surface area contributed by atoms with Gasteiger partial charge in [0.1, 0.15) is 0 Å². The van der Waals surface area contributed by atoms with E-state index in [2.05, 4.69) is 34.6 Å². The molecule has 154 valence electrons. The maximum Gasteiger partial charge on any atom is 0.309 e. The fourth-order valence-electron chi connectivity index (χ4n) is 5.11. The molecule has 0 amide bonds. The third kappa shape index (κ3) is 6.28. The molecule has 0 aromatic heterocycles. The van der Waals surface area contributed by atoms with E-state index in [1.807, 2.05) is 6.92 Å². The van der Waals surface area contributed by atoms with Gasteiger partial charge in [0.15, 0.2) is 0 Å². The molecule has 0 bridgehead atoms. The fourth-order valence-corrected chi connectivity index (χ4v) is 5.11. The van der Waals surface area contributed by atoms with Gasteiger partial charge in [-0.25, -0.2) is 0 Å². The molecular formula is C22H42O4. The van der Waals surface area contributed by atoms with Gasteiger partial charge < -0.3 is 10.2 Å². The molecule has 4 heteroatoms. The van der Waals surface area contributed by atoms with Crippen molar-refractivity contribution in [2.75, 3.05) is 0 Å². The van der Waals surface area contributed by atoms with Gasteiger partial charge in [-0.1, -0.05) is 73.1 Å². The summed E-state index contributed by atoms with van der Waals surface area (Å²) in [6.07, 6.45) is 8.59. The van der Waals surface area contributed by atoms with Crippen LogP contribution in [0.4, 0.5) is 0 Å². The number of carboxylic acid groups (broad SMARTS) is 2. The van der Waals surface area contributed by atoms with Gasteiger partial charge in [0.2, 0.25) is 0 Å². The van der Waals surface area contributed by atoms with E-state index in [0.717, 1.165) is 25.7 Å². The minimum atomic E-state index is -0.787. The van der Waals surface area contributed by atoms with Crippen molar-refractivity contribution >= 4 is 11.9 Å². The minimum Gasteiger partial charge on any atom is -0.481 e. The Morgan fingerprint density at radius 2 is 1.31 bits per heavy atom. The number of hydrogen-bond donors (Lipinski definition) is 2. The second-order valence-electron chi connectivity index (χ2n) is 8.75. The van der Waals surface area contributed by atoms with E-state index in [4.69, 9.17) is 5.11 Å². The summed E-state index contributed by atoms with van der Waals surface area (Å²) in [5, 5.41) is 19.1. The lowest BCUT2D eigenvalue weighted by molar-refractivity contribution is -0.167. The van der Waals surface area contributed by atoms with E-state index in [1.165, 1.54) is 19.3 Å². The van der Waals surface area contributed by atoms with Gasteiger partial charge in [-0.15, -0.1) is 0 Å². The van der Waals surface area contributed by atoms with Crippen molar-refractivity contribution in [2.45, 2.75) is 106 Å². The van der Waals surface area contributed by atoms with Gasteiger partial charge in [-0.2, -0.15) is 0 Å². The molecule has 0 aromatic rings. The topological polar surface area (TPSA) is 74.6 Å². The number of aliphatic carboxylic acids is 2. The highest BCUT2D eigenvalue weighted by Crippen LogP contribution is 2.56. The zero-order valence-corrected chi connectivity index (χ0v) is 17.9. The highest BCUT2D eigenvalue weighted by Gasteiger charge is 2.55. The van der Waals surface area contributed by atoms with Crippen molar-refractivity contribution in [1.29, 1.82) is 0 Å². The fraction of sp³-hybridized carbons (Fsp3) is 0.909. The number of hydrogen-bond acceptors (Lipinski definition) is 2. The van der Waals surface area contributed by atoms with Crippen molar-refractivity contribution in [2.24, 2.45) is 22.7 Å². The second kappa shape index (κ2) is 11.6. The van der Waals surface area contributed by atoms with Gasteiger partial charge in [-0.05, 0) is 43.4 Å². The van der Waals surface area contributed by atoms with E-state index in [9.17, 15) is 14.7 Å². The summed E-state index contributed by atoms with van der Waals surface area (Å²) in [5.41, 5.74) is -1.12. The molecular weight excluding hydrogens is 328 g/mol. The average Bonchev–Trinajstić information content (AvgIpc) is 2.53. The van der Waals surface area contributed by atoms with Gasteiger partial charge in [0.05, 0.1) is 5.41 Å². The second-order valence-corrected chi connectivity index (χ2v) is 8.75. The number of rotatable bonds is 15. The molecule has 4 nitrogen and oxygen atoms in total. The normalized spacial score (nSPS) is 14.6. The van der Waals surface area contributed by atoms with Crippen LogP contribution < -0.4 is 0 Å². The number of carbonyl (C=O) groups is 2. The van der Waals surface area contributed by atoms with Crippen molar-refractivity contribution in [3.8, 4) is 0 Å². The van der Waals surface area contributed by atoms with Crippen LogP contribution in [0.25, 0.3) is 0 Å². The smallest absolute Gasteiger partial charge is 0.309 e. The SMILES string of the molecule is CCCCCCCC(C)(C(=O)O)C(CCCCC(=O)O)(C(C)C)C(C)C. The first-order valence-electron chi connectivity index (χ1n) is 10.5. The summed E-state index contributed by atoms with van der Waals surface area (Å²) in [6, 6.07) is 0. The van der Waals surface area contributed by atoms with Crippen molar-refractivity contribution in [1.82, 2.24) is 0 Å². The van der Waals surface area contributed by atoms with Crippen LogP contribution in [0.15, 0.2) is 0 Å². The summed E-state index contributed by atoms with van der Waals surface area (Å²) in [5.74, 6) is -1.02. The average molecular weight is 371 g/mol. The third-order valence-electron chi connectivity index (χ3n) is 6.57. The Balaban J connectivity index is 5.45. The van der Waals surface area contributed by atoms with Crippen molar-refractivity contribution in [3.05, 3.63) is 0 Å². The Morgan fingerprint density at radius 1 is 0.808 bits per heavy atom. The molecule has 0 heterocycles. The summed E-state index contributed by atoms with van der Waals surface area (Å²) in [7, 11) is 0. The Kier molecular flexibility index (Phi) is 11.1. The van der Waals surface area contributed by atoms with Crippen LogP contribution >= 0.6 is 0 Å². The predicted octanol–water partition coefficient (Wildman–Crippen LogP) is 6.38. The molecule has 0 spiro atoms. The van der Waals surface area contributed by atoms with Gasteiger partial charge >= 0.3 is 11.9 Å². The Labute approximate surface area is 160 Å². The van der Waals surface area contributed by atoms with E-state index >= 15 is 0 Å². The molecule has 1 atom stereocenters. The molecule has 0 aliphatic rings. The van der Waals surface area contributed by atoms with Crippen LogP contribution in [0.3, 0.4) is 0 Å². The molecule has 0 saturated heterocycles. The zero-order chi connectivity index (χ0) is 20.4. The molecule has 1 unspecified atom stereocenters. The third-order valence-corrected chi connectivity index (χ3v) is 6.57.